The summed E-state index contributed by atoms with van der Waals surface area (Å²) >= 11 is 0. The number of likely N-dealkylation sites (tertiary alicyclic amines) is 1. The molecular formula is C19H34N2O6. The molecule has 8 nitrogen and oxygen atoms in total. The number of methoxy groups -OCH3 is 1. The van der Waals surface area contributed by atoms with E-state index in [4.69, 9.17) is 9.47 Å². The summed E-state index contributed by atoms with van der Waals surface area (Å²) in [6, 6.07) is -1.65. The highest BCUT2D eigenvalue weighted by Gasteiger charge is 2.42. The van der Waals surface area contributed by atoms with Crippen LogP contribution in [-0.2, 0) is 19.1 Å². The van der Waals surface area contributed by atoms with Crippen molar-refractivity contribution in [2.45, 2.75) is 90.0 Å². The summed E-state index contributed by atoms with van der Waals surface area (Å²) in [6.07, 6.45) is 2.91. The zero-order valence-electron chi connectivity index (χ0n) is 17.1. The third kappa shape index (κ3) is 7.74. The summed E-state index contributed by atoms with van der Waals surface area (Å²) < 4.78 is 10.0. The zero-order valence-corrected chi connectivity index (χ0v) is 17.1. The van der Waals surface area contributed by atoms with Crippen LogP contribution < -0.4 is 5.32 Å². The maximum absolute atomic E-state index is 13.0. The zero-order chi connectivity index (χ0) is 20.6. The number of aliphatic hydroxyl groups is 1. The van der Waals surface area contributed by atoms with E-state index in [1.165, 1.54) is 12.0 Å². The van der Waals surface area contributed by atoms with Crippen molar-refractivity contribution in [1.29, 1.82) is 0 Å². The number of hydrogen-bond acceptors (Lipinski definition) is 6. The van der Waals surface area contributed by atoms with Crippen LogP contribution in [-0.4, -0.2) is 65.4 Å². The Morgan fingerprint density at radius 3 is 2.44 bits per heavy atom. The fourth-order valence-electron chi connectivity index (χ4n) is 3.10. The molecule has 156 valence electrons. The Kier molecular flexibility index (Phi) is 9.02. The van der Waals surface area contributed by atoms with Crippen molar-refractivity contribution >= 4 is 18.0 Å². The summed E-state index contributed by atoms with van der Waals surface area (Å²) in [6.45, 7) is 7.37. The van der Waals surface area contributed by atoms with Gasteiger partial charge < -0.3 is 24.8 Å². The quantitative estimate of drug-likeness (QED) is 0.488. The molecule has 1 fully saturated rings. The summed E-state index contributed by atoms with van der Waals surface area (Å²) in [5, 5.41) is 12.5. The molecule has 2 N–H and O–H groups in total. The SMILES string of the molecule is CCCCCC[C@H](NC(=O)OC(C)(C)C)C(=O)N1CC(O)CC1C(=O)OC. The minimum absolute atomic E-state index is 0.0417. The Morgan fingerprint density at radius 1 is 1.22 bits per heavy atom. The number of nitrogens with zero attached hydrogens (tertiary/aromatic N) is 1. The second-order valence-corrected chi connectivity index (χ2v) is 7.97. The Balaban J connectivity index is 2.86. The van der Waals surface area contributed by atoms with Crippen LogP contribution in [0.1, 0.15) is 66.2 Å². The molecule has 8 heteroatoms. The second kappa shape index (κ2) is 10.5. The average Bonchev–Trinajstić information content (AvgIpc) is 2.96. The third-order valence-electron chi connectivity index (χ3n) is 4.37. The van der Waals surface area contributed by atoms with Crippen molar-refractivity contribution < 1.29 is 29.0 Å². The fraction of sp³-hybridized carbons (Fsp3) is 0.842. The van der Waals surface area contributed by atoms with Crippen molar-refractivity contribution in [3.05, 3.63) is 0 Å². The number of rotatable bonds is 8. The van der Waals surface area contributed by atoms with Crippen LogP contribution in [0.5, 0.6) is 0 Å². The van der Waals surface area contributed by atoms with Crippen molar-refractivity contribution in [2.75, 3.05) is 13.7 Å². The van der Waals surface area contributed by atoms with Crippen molar-refractivity contribution in [2.24, 2.45) is 0 Å². The molecule has 27 heavy (non-hydrogen) atoms. The van der Waals surface area contributed by atoms with Gasteiger partial charge in [0, 0.05) is 13.0 Å². The average molecular weight is 386 g/mol. The Hall–Kier alpha value is -1.83. The van der Waals surface area contributed by atoms with Gasteiger partial charge in [0.15, 0.2) is 0 Å². The van der Waals surface area contributed by atoms with Gasteiger partial charge in [0.05, 0.1) is 13.2 Å². The van der Waals surface area contributed by atoms with E-state index in [2.05, 4.69) is 12.2 Å². The smallest absolute Gasteiger partial charge is 0.408 e. The number of esters is 1. The van der Waals surface area contributed by atoms with Crippen molar-refractivity contribution in [3.8, 4) is 0 Å². The number of ether oxygens (including phenoxy) is 2. The number of alkyl carbamates (subject to hydrolysis) is 1. The largest absolute Gasteiger partial charge is 0.467 e. The van der Waals surface area contributed by atoms with E-state index in [1.54, 1.807) is 20.8 Å². The van der Waals surface area contributed by atoms with Crippen LogP contribution in [0.3, 0.4) is 0 Å². The molecule has 1 heterocycles. The second-order valence-electron chi connectivity index (χ2n) is 7.97. The van der Waals surface area contributed by atoms with E-state index < -0.39 is 41.8 Å². The van der Waals surface area contributed by atoms with Gasteiger partial charge in [0.1, 0.15) is 17.7 Å². The molecule has 1 aliphatic heterocycles. The van der Waals surface area contributed by atoms with E-state index in [9.17, 15) is 19.5 Å². The number of carbonyl (C=O) groups is 3. The van der Waals surface area contributed by atoms with Gasteiger partial charge in [-0.2, -0.15) is 0 Å². The van der Waals surface area contributed by atoms with Gasteiger partial charge in [-0.3, -0.25) is 4.79 Å². The number of carbonyl (C=O) groups excluding carboxylic acids is 3. The summed E-state index contributed by atoms with van der Waals surface area (Å²) in [5.41, 5.74) is -0.682. The number of aliphatic hydroxyl groups excluding tert-OH is 1. The van der Waals surface area contributed by atoms with Crippen LogP contribution in [0.15, 0.2) is 0 Å². The molecule has 0 aromatic carbocycles. The first-order chi connectivity index (χ1) is 12.6. The minimum Gasteiger partial charge on any atom is -0.467 e. The van der Waals surface area contributed by atoms with Gasteiger partial charge >= 0.3 is 12.1 Å². The van der Waals surface area contributed by atoms with Crippen LogP contribution in [0.4, 0.5) is 4.79 Å². The lowest BCUT2D eigenvalue weighted by Gasteiger charge is -2.28. The maximum atomic E-state index is 13.0. The summed E-state index contributed by atoms with van der Waals surface area (Å²) in [7, 11) is 1.25. The molecule has 1 saturated heterocycles. The standard InChI is InChI=1S/C19H34N2O6/c1-6-7-8-9-10-14(20-18(25)27-19(2,3)4)16(23)21-12-13(22)11-15(21)17(24)26-5/h13-15,22H,6-12H2,1-5H3,(H,20,25)/t13?,14-,15?/m0/s1. The molecule has 0 aromatic heterocycles. The molecule has 0 spiro atoms. The van der Waals surface area contributed by atoms with Gasteiger partial charge in [0.2, 0.25) is 5.91 Å². The van der Waals surface area contributed by atoms with Gasteiger partial charge in [-0.15, -0.1) is 0 Å². The first-order valence-electron chi connectivity index (χ1n) is 9.65. The highest BCUT2D eigenvalue weighted by molar-refractivity contribution is 5.90. The molecule has 1 aliphatic rings. The van der Waals surface area contributed by atoms with Crippen molar-refractivity contribution in [1.82, 2.24) is 10.2 Å². The lowest BCUT2D eigenvalue weighted by molar-refractivity contribution is -0.151. The van der Waals surface area contributed by atoms with Gasteiger partial charge in [0.25, 0.3) is 0 Å². The molecule has 1 rings (SSSR count). The lowest BCUT2D eigenvalue weighted by Crippen LogP contribution is -2.52. The molecular weight excluding hydrogens is 352 g/mol. The van der Waals surface area contributed by atoms with Crippen LogP contribution in [0.25, 0.3) is 0 Å². The maximum Gasteiger partial charge on any atom is 0.408 e. The van der Waals surface area contributed by atoms with Crippen LogP contribution in [0.2, 0.25) is 0 Å². The molecule has 0 aromatic rings. The molecule has 0 aliphatic carbocycles. The first kappa shape index (κ1) is 23.2. The van der Waals surface area contributed by atoms with E-state index >= 15 is 0 Å². The number of amides is 2. The van der Waals surface area contributed by atoms with E-state index in [0.29, 0.717) is 6.42 Å². The third-order valence-corrected chi connectivity index (χ3v) is 4.37. The Morgan fingerprint density at radius 2 is 1.89 bits per heavy atom. The van der Waals surface area contributed by atoms with Gasteiger partial charge in [-0.25, -0.2) is 9.59 Å². The fourth-order valence-corrected chi connectivity index (χ4v) is 3.10. The monoisotopic (exact) mass is 386 g/mol. The van der Waals surface area contributed by atoms with E-state index in [0.717, 1.165) is 25.7 Å². The van der Waals surface area contributed by atoms with Crippen molar-refractivity contribution in [3.63, 3.8) is 0 Å². The topological polar surface area (TPSA) is 105 Å². The predicted molar refractivity (Wildman–Crippen MR) is 100 cm³/mol. The molecule has 0 radical (unpaired) electrons. The summed E-state index contributed by atoms with van der Waals surface area (Å²) in [4.78, 5) is 38.5. The van der Waals surface area contributed by atoms with Crippen LogP contribution in [0, 0.1) is 0 Å². The number of hydrogen-bond donors (Lipinski definition) is 2. The van der Waals surface area contributed by atoms with Crippen LogP contribution >= 0.6 is 0 Å². The van der Waals surface area contributed by atoms with E-state index in [-0.39, 0.29) is 13.0 Å². The highest BCUT2D eigenvalue weighted by atomic mass is 16.6. The normalized spacial score (nSPS) is 20.9. The number of nitrogens with one attached hydrogen (secondary N) is 1. The van der Waals surface area contributed by atoms with E-state index in [1.807, 2.05) is 0 Å². The lowest BCUT2D eigenvalue weighted by atomic mass is 10.1. The number of unbranched alkanes of at least 4 members (excludes halogenated alkanes) is 3. The molecule has 2 amide bonds. The molecule has 2 unspecified atom stereocenters. The molecule has 0 bridgehead atoms. The highest BCUT2D eigenvalue weighted by Crippen LogP contribution is 2.21. The molecule has 0 saturated carbocycles. The summed E-state index contributed by atoms with van der Waals surface area (Å²) in [5.74, 6) is -0.966. The minimum atomic E-state index is -0.837. The Bertz CT molecular complexity index is 517. The van der Waals surface area contributed by atoms with Gasteiger partial charge in [-0.1, -0.05) is 32.6 Å². The Labute approximate surface area is 161 Å². The molecule has 3 atom stereocenters. The number of β-amino-alcohol motifs (C(OH)–C–C–N with tert-alkyl or cyclic N) is 1. The predicted octanol–water partition coefficient (Wildman–Crippen LogP) is 1.98. The first-order valence-corrected chi connectivity index (χ1v) is 9.65. The van der Waals surface area contributed by atoms with Gasteiger partial charge in [-0.05, 0) is 27.2 Å².